The van der Waals surface area contributed by atoms with Crippen LogP contribution >= 0.6 is 0 Å². The second kappa shape index (κ2) is 7.65. The van der Waals surface area contributed by atoms with Gasteiger partial charge in [0.05, 0.1) is 24.8 Å². The van der Waals surface area contributed by atoms with Crippen molar-refractivity contribution in [2.24, 2.45) is 4.99 Å². The molecule has 1 heterocycles. The topological polar surface area (TPSA) is 74.2 Å². The number of hydrogen-bond donors (Lipinski definition) is 0. The van der Waals surface area contributed by atoms with Gasteiger partial charge in [-0.05, 0) is 42.8 Å². The minimum atomic E-state index is -0.539. The van der Waals surface area contributed by atoms with E-state index in [9.17, 15) is 9.59 Å². The molecule has 2 aromatic carbocycles. The van der Waals surface area contributed by atoms with Gasteiger partial charge in [-0.1, -0.05) is 24.3 Å². The molecular weight excluding hydrogens is 334 g/mol. The van der Waals surface area contributed by atoms with Crippen LogP contribution < -0.4 is 4.74 Å². The van der Waals surface area contributed by atoms with Crippen LogP contribution in [0.15, 0.2) is 59.2 Å². The van der Waals surface area contributed by atoms with Crippen LogP contribution in [0.2, 0.25) is 0 Å². The highest BCUT2D eigenvalue weighted by Gasteiger charge is 2.26. The average Bonchev–Trinajstić information content (AvgIpc) is 3.03. The summed E-state index contributed by atoms with van der Waals surface area (Å²) in [5.74, 6) is -0.151. The Balaban J connectivity index is 1.88. The summed E-state index contributed by atoms with van der Waals surface area (Å²) in [7, 11) is 1.32. The molecule has 0 atom stereocenters. The van der Waals surface area contributed by atoms with Gasteiger partial charge in [0.1, 0.15) is 5.75 Å². The summed E-state index contributed by atoms with van der Waals surface area (Å²) in [5, 5.41) is 0. The van der Waals surface area contributed by atoms with Crippen molar-refractivity contribution in [3.63, 3.8) is 0 Å². The molecule has 0 bridgehead atoms. The zero-order valence-corrected chi connectivity index (χ0v) is 14.4. The van der Waals surface area contributed by atoms with Crippen molar-refractivity contribution in [1.29, 1.82) is 0 Å². The fraction of sp³-hybridized carbons (Fsp3) is 0.150. The van der Waals surface area contributed by atoms with Crippen LogP contribution in [0.3, 0.4) is 0 Å². The lowest BCUT2D eigenvalue weighted by Crippen LogP contribution is -2.07. The van der Waals surface area contributed by atoms with E-state index in [1.807, 2.05) is 19.1 Å². The lowest BCUT2D eigenvalue weighted by atomic mass is 10.1. The molecule has 0 aromatic heterocycles. The predicted octanol–water partition coefficient (Wildman–Crippen LogP) is 3.22. The Bertz CT molecular complexity index is 897. The number of cyclic esters (lactones) is 1. The number of nitrogens with zero attached hydrogens (tertiary/aromatic N) is 1. The number of para-hydroxylation sites is 1. The summed E-state index contributed by atoms with van der Waals surface area (Å²) < 4.78 is 15.5. The molecule has 6 nitrogen and oxygen atoms in total. The van der Waals surface area contributed by atoms with Gasteiger partial charge in [-0.25, -0.2) is 14.6 Å². The highest BCUT2D eigenvalue weighted by atomic mass is 16.6. The van der Waals surface area contributed by atoms with Gasteiger partial charge in [-0.3, -0.25) is 0 Å². The van der Waals surface area contributed by atoms with E-state index in [0.717, 1.165) is 0 Å². The molecule has 3 rings (SSSR count). The summed E-state index contributed by atoms with van der Waals surface area (Å²) in [6, 6.07) is 13.9. The van der Waals surface area contributed by atoms with Gasteiger partial charge in [-0.2, -0.15) is 0 Å². The van der Waals surface area contributed by atoms with E-state index in [-0.39, 0.29) is 11.6 Å². The molecule has 26 heavy (non-hydrogen) atoms. The SMILES string of the molecule is CCOc1ccccc1C1=N/C(=C\c2ccc(C(=O)OC)cc2)C(=O)O1. The number of esters is 2. The molecule has 0 saturated heterocycles. The van der Waals surface area contributed by atoms with Crippen molar-refractivity contribution >= 4 is 23.9 Å². The summed E-state index contributed by atoms with van der Waals surface area (Å²) in [6.07, 6.45) is 1.60. The first-order valence-electron chi connectivity index (χ1n) is 8.05. The highest BCUT2D eigenvalue weighted by Crippen LogP contribution is 2.25. The average molecular weight is 351 g/mol. The zero-order chi connectivity index (χ0) is 18.5. The second-order valence-corrected chi connectivity index (χ2v) is 5.38. The van der Waals surface area contributed by atoms with Crippen LogP contribution in [0.5, 0.6) is 5.75 Å². The number of carbonyl (C=O) groups excluding carboxylic acids is 2. The number of rotatable bonds is 5. The smallest absolute Gasteiger partial charge is 0.363 e. The van der Waals surface area contributed by atoms with Crippen molar-refractivity contribution in [2.45, 2.75) is 6.92 Å². The molecule has 132 valence electrons. The molecule has 1 aliphatic rings. The van der Waals surface area contributed by atoms with Gasteiger partial charge in [-0.15, -0.1) is 0 Å². The van der Waals surface area contributed by atoms with E-state index in [1.165, 1.54) is 7.11 Å². The van der Waals surface area contributed by atoms with E-state index in [4.69, 9.17) is 9.47 Å². The summed E-state index contributed by atoms with van der Waals surface area (Å²) in [6.45, 7) is 2.37. The monoisotopic (exact) mass is 351 g/mol. The van der Waals surface area contributed by atoms with E-state index in [2.05, 4.69) is 9.73 Å². The fourth-order valence-electron chi connectivity index (χ4n) is 2.44. The molecule has 0 saturated carbocycles. The highest BCUT2D eigenvalue weighted by molar-refractivity contribution is 6.13. The van der Waals surface area contributed by atoms with Gasteiger partial charge in [0.2, 0.25) is 5.90 Å². The third-order valence-electron chi connectivity index (χ3n) is 3.67. The first-order valence-corrected chi connectivity index (χ1v) is 8.05. The van der Waals surface area contributed by atoms with Crippen LogP contribution in [-0.2, 0) is 14.3 Å². The Morgan fingerprint density at radius 2 is 1.88 bits per heavy atom. The molecule has 0 amide bonds. The molecule has 0 unspecified atom stereocenters. The summed E-state index contributed by atoms with van der Waals surface area (Å²) in [5.41, 5.74) is 1.94. The van der Waals surface area contributed by atoms with E-state index < -0.39 is 11.9 Å². The van der Waals surface area contributed by atoms with Crippen molar-refractivity contribution in [2.75, 3.05) is 13.7 Å². The maximum Gasteiger partial charge on any atom is 0.363 e. The molecule has 0 spiro atoms. The van der Waals surface area contributed by atoms with Crippen molar-refractivity contribution in [3.8, 4) is 5.75 Å². The Labute approximate surface area is 150 Å². The van der Waals surface area contributed by atoms with E-state index in [1.54, 1.807) is 42.5 Å². The van der Waals surface area contributed by atoms with E-state index >= 15 is 0 Å². The number of benzene rings is 2. The lowest BCUT2D eigenvalue weighted by Gasteiger charge is -2.08. The third-order valence-corrected chi connectivity index (χ3v) is 3.67. The molecule has 6 heteroatoms. The second-order valence-electron chi connectivity index (χ2n) is 5.38. The molecule has 0 radical (unpaired) electrons. The molecule has 0 fully saturated rings. The van der Waals surface area contributed by atoms with Crippen LogP contribution in [0, 0.1) is 0 Å². The third kappa shape index (κ3) is 3.64. The number of hydrogen-bond acceptors (Lipinski definition) is 6. The Kier molecular flexibility index (Phi) is 5.12. The number of ether oxygens (including phenoxy) is 3. The number of aliphatic imine (C=N–C) groups is 1. The summed E-state index contributed by atoms with van der Waals surface area (Å²) >= 11 is 0. The molecular formula is C20H17NO5. The van der Waals surface area contributed by atoms with Gasteiger partial charge in [0.25, 0.3) is 0 Å². The maximum atomic E-state index is 12.1. The number of carbonyl (C=O) groups is 2. The van der Waals surface area contributed by atoms with Crippen molar-refractivity contribution in [3.05, 3.63) is 70.9 Å². The normalized spacial score (nSPS) is 14.8. The first kappa shape index (κ1) is 17.4. The minimum absolute atomic E-state index is 0.178. The molecule has 0 N–H and O–H groups in total. The van der Waals surface area contributed by atoms with Crippen LogP contribution in [0.4, 0.5) is 0 Å². The summed E-state index contributed by atoms with van der Waals surface area (Å²) in [4.78, 5) is 27.9. The predicted molar refractivity (Wildman–Crippen MR) is 96.0 cm³/mol. The van der Waals surface area contributed by atoms with Gasteiger partial charge >= 0.3 is 11.9 Å². The quantitative estimate of drug-likeness (QED) is 0.611. The van der Waals surface area contributed by atoms with Crippen molar-refractivity contribution < 1.29 is 23.8 Å². The molecule has 0 aliphatic carbocycles. The lowest BCUT2D eigenvalue weighted by molar-refractivity contribution is -0.129. The van der Waals surface area contributed by atoms with Crippen molar-refractivity contribution in [1.82, 2.24) is 0 Å². The van der Waals surface area contributed by atoms with E-state index in [0.29, 0.717) is 29.0 Å². The fourth-order valence-corrected chi connectivity index (χ4v) is 2.44. The van der Waals surface area contributed by atoms with Crippen LogP contribution in [0.1, 0.15) is 28.4 Å². The standard InChI is InChI=1S/C20H17NO5/c1-3-25-17-7-5-4-6-15(17)18-21-16(20(23)26-18)12-13-8-10-14(11-9-13)19(22)24-2/h4-12H,3H2,1-2H3/b16-12-. The van der Waals surface area contributed by atoms with Gasteiger partial charge < -0.3 is 14.2 Å². The Morgan fingerprint density at radius 3 is 2.58 bits per heavy atom. The largest absolute Gasteiger partial charge is 0.493 e. The number of methoxy groups -OCH3 is 1. The maximum absolute atomic E-state index is 12.1. The van der Waals surface area contributed by atoms with Crippen LogP contribution in [-0.4, -0.2) is 31.6 Å². The van der Waals surface area contributed by atoms with Crippen LogP contribution in [0.25, 0.3) is 6.08 Å². The zero-order valence-electron chi connectivity index (χ0n) is 14.4. The Hall–Kier alpha value is -3.41. The Morgan fingerprint density at radius 1 is 1.15 bits per heavy atom. The minimum Gasteiger partial charge on any atom is -0.493 e. The van der Waals surface area contributed by atoms with Gasteiger partial charge in [0.15, 0.2) is 5.70 Å². The molecule has 2 aromatic rings. The van der Waals surface area contributed by atoms with Gasteiger partial charge in [0, 0.05) is 0 Å². The first-order chi connectivity index (χ1) is 12.6. The molecule has 1 aliphatic heterocycles.